The second kappa shape index (κ2) is 9.33. The second-order valence-electron chi connectivity index (χ2n) is 8.19. The monoisotopic (exact) mass is 461 g/mol. The smallest absolute Gasteiger partial charge is 0.416 e. The topological polar surface area (TPSA) is 53.1 Å². The third-order valence-corrected chi connectivity index (χ3v) is 6.06. The molecule has 2 aliphatic rings. The highest BCUT2D eigenvalue weighted by Crippen LogP contribution is 2.32. The van der Waals surface area contributed by atoms with E-state index in [9.17, 15) is 22.8 Å². The summed E-state index contributed by atoms with van der Waals surface area (Å²) in [5.74, 6) is 0.115. The van der Waals surface area contributed by atoms with Crippen LogP contribution >= 0.6 is 0 Å². The Bertz CT molecular complexity index is 1000. The summed E-state index contributed by atoms with van der Waals surface area (Å²) in [6.45, 7) is 4.46. The van der Waals surface area contributed by atoms with Gasteiger partial charge in [-0.3, -0.25) is 9.59 Å². The Kier molecular flexibility index (Phi) is 6.49. The lowest BCUT2D eigenvalue weighted by Crippen LogP contribution is -2.50. The first kappa shape index (κ1) is 22.9. The molecule has 0 aromatic heterocycles. The quantitative estimate of drug-likeness (QED) is 0.680. The van der Waals surface area contributed by atoms with Crippen LogP contribution in [-0.2, 0) is 15.8 Å². The molecule has 2 aromatic carbocycles. The summed E-state index contributed by atoms with van der Waals surface area (Å²) in [5.41, 5.74) is 0.542. The lowest BCUT2D eigenvalue weighted by molar-refractivity contribution is -0.137. The van der Waals surface area contributed by atoms with E-state index in [1.165, 1.54) is 6.07 Å². The maximum Gasteiger partial charge on any atom is 0.416 e. The standard InChI is InChI=1S/C24H26F3N3O3/c1-2-33-21-8-6-19(7-9-21)30-16-17(14-22(30)31)23(32)29-12-10-28(11-13-29)20-5-3-4-18(15-20)24(25,26)27/h3-9,15,17H,2,10-14,16H2,1H3/t17-/m1/s1. The molecule has 2 saturated heterocycles. The van der Waals surface area contributed by atoms with Gasteiger partial charge in [0.25, 0.3) is 0 Å². The van der Waals surface area contributed by atoms with Crippen LogP contribution in [0.25, 0.3) is 0 Å². The maximum absolute atomic E-state index is 13.1. The zero-order valence-electron chi connectivity index (χ0n) is 18.3. The lowest BCUT2D eigenvalue weighted by Gasteiger charge is -2.37. The van der Waals surface area contributed by atoms with Crippen LogP contribution in [0.5, 0.6) is 5.75 Å². The average Bonchev–Trinajstić information content (AvgIpc) is 3.20. The number of benzene rings is 2. The fraction of sp³-hybridized carbons (Fsp3) is 0.417. The number of nitrogens with zero attached hydrogens (tertiary/aromatic N) is 3. The predicted octanol–water partition coefficient (Wildman–Crippen LogP) is 3.81. The van der Waals surface area contributed by atoms with E-state index in [-0.39, 0.29) is 18.2 Å². The molecule has 2 fully saturated rings. The molecule has 2 heterocycles. The Balaban J connectivity index is 1.35. The van der Waals surface area contributed by atoms with Gasteiger partial charge in [0.1, 0.15) is 5.75 Å². The molecule has 0 N–H and O–H groups in total. The molecule has 1 atom stereocenters. The van der Waals surface area contributed by atoms with E-state index in [0.29, 0.717) is 45.0 Å². The van der Waals surface area contributed by atoms with Gasteiger partial charge in [-0.2, -0.15) is 13.2 Å². The van der Waals surface area contributed by atoms with Gasteiger partial charge in [-0.1, -0.05) is 6.07 Å². The van der Waals surface area contributed by atoms with Crippen molar-refractivity contribution in [3.8, 4) is 5.75 Å². The molecular weight excluding hydrogens is 435 g/mol. The third-order valence-electron chi connectivity index (χ3n) is 6.06. The molecule has 2 aromatic rings. The van der Waals surface area contributed by atoms with Crippen LogP contribution in [0.2, 0.25) is 0 Å². The van der Waals surface area contributed by atoms with Gasteiger partial charge in [-0.25, -0.2) is 0 Å². The SMILES string of the molecule is CCOc1ccc(N2C[C@H](C(=O)N3CCN(c4cccc(C(F)(F)F)c4)CC3)CC2=O)cc1. The normalized spacial score (nSPS) is 19.2. The Morgan fingerprint density at radius 1 is 1.03 bits per heavy atom. The van der Waals surface area contributed by atoms with Crippen molar-refractivity contribution in [2.75, 3.05) is 49.1 Å². The van der Waals surface area contributed by atoms with Crippen molar-refractivity contribution < 1.29 is 27.5 Å². The van der Waals surface area contributed by atoms with Crippen LogP contribution in [-0.4, -0.2) is 56.0 Å². The molecular formula is C24H26F3N3O3. The molecule has 9 heteroatoms. The summed E-state index contributed by atoms with van der Waals surface area (Å²) in [7, 11) is 0. The van der Waals surface area contributed by atoms with Crippen LogP contribution in [0.4, 0.5) is 24.5 Å². The number of hydrogen-bond donors (Lipinski definition) is 0. The molecule has 0 aliphatic carbocycles. The van der Waals surface area contributed by atoms with Crippen molar-refractivity contribution in [1.29, 1.82) is 0 Å². The Labute approximate surface area is 190 Å². The molecule has 2 amide bonds. The molecule has 0 bridgehead atoms. The Morgan fingerprint density at radius 2 is 1.73 bits per heavy atom. The summed E-state index contributed by atoms with van der Waals surface area (Å²) < 4.78 is 44.4. The highest BCUT2D eigenvalue weighted by Gasteiger charge is 2.38. The number of rotatable bonds is 5. The number of hydrogen-bond acceptors (Lipinski definition) is 4. The zero-order valence-corrected chi connectivity index (χ0v) is 18.3. The molecule has 0 unspecified atom stereocenters. The Hall–Kier alpha value is -3.23. The van der Waals surface area contributed by atoms with E-state index in [1.54, 1.807) is 28.0 Å². The largest absolute Gasteiger partial charge is 0.494 e. The number of anilines is 2. The van der Waals surface area contributed by atoms with Crippen molar-refractivity contribution in [1.82, 2.24) is 4.90 Å². The van der Waals surface area contributed by atoms with E-state index in [1.807, 2.05) is 24.0 Å². The second-order valence-corrected chi connectivity index (χ2v) is 8.19. The predicted molar refractivity (Wildman–Crippen MR) is 118 cm³/mol. The van der Waals surface area contributed by atoms with Crippen LogP contribution in [0.1, 0.15) is 18.9 Å². The van der Waals surface area contributed by atoms with Crippen molar-refractivity contribution >= 4 is 23.2 Å². The first-order valence-electron chi connectivity index (χ1n) is 11.0. The van der Waals surface area contributed by atoms with Crippen LogP contribution in [0.15, 0.2) is 48.5 Å². The fourth-order valence-electron chi connectivity index (χ4n) is 4.33. The fourth-order valence-corrected chi connectivity index (χ4v) is 4.33. The van der Waals surface area contributed by atoms with Crippen LogP contribution < -0.4 is 14.5 Å². The number of carbonyl (C=O) groups excluding carboxylic acids is 2. The number of carbonyl (C=O) groups is 2. The molecule has 176 valence electrons. The minimum atomic E-state index is -4.39. The summed E-state index contributed by atoms with van der Waals surface area (Å²) in [5, 5.41) is 0. The molecule has 0 spiro atoms. The molecule has 2 aliphatic heterocycles. The van der Waals surface area contributed by atoms with Gasteiger partial charge in [-0.15, -0.1) is 0 Å². The van der Waals surface area contributed by atoms with Crippen molar-refractivity contribution in [3.63, 3.8) is 0 Å². The summed E-state index contributed by atoms with van der Waals surface area (Å²) in [6, 6.07) is 12.5. The van der Waals surface area contributed by atoms with Gasteiger partial charge in [0.05, 0.1) is 18.1 Å². The van der Waals surface area contributed by atoms with E-state index >= 15 is 0 Å². The first-order valence-corrected chi connectivity index (χ1v) is 11.0. The zero-order chi connectivity index (χ0) is 23.6. The van der Waals surface area contributed by atoms with E-state index in [0.717, 1.165) is 23.6 Å². The lowest BCUT2D eigenvalue weighted by atomic mass is 10.1. The molecule has 4 rings (SSSR count). The van der Waals surface area contributed by atoms with Crippen LogP contribution in [0.3, 0.4) is 0 Å². The summed E-state index contributed by atoms with van der Waals surface area (Å²) in [6.07, 6.45) is -4.24. The summed E-state index contributed by atoms with van der Waals surface area (Å²) in [4.78, 5) is 30.8. The van der Waals surface area contributed by atoms with Crippen molar-refractivity contribution in [2.45, 2.75) is 19.5 Å². The van der Waals surface area contributed by atoms with Crippen molar-refractivity contribution in [3.05, 3.63) is 54.1 Å². The average molecular weight is 461 g/mol. The molecule has 0 saturated carbocycles. The highest BCUT2D eigenvalue weighted by molar-refractivity contribution is 6.00. The number of halogens is 3. The number of ether oxygens (including phenoxy) is 1. The Morgan fingerprint density at radius 3 is 2.36 bits per heavy atom. The minimum Gasteiger partial charge on any atom is -0.494 e. The number of amides is 2. The first-order chi connectivity index (χ1) is 15.8. The maximum atomic E-state index is 13.1. The number of alkyl halides is 3. The molecule has 6 nitrogen and oxygen atoms in total. The summed E-state index contributed by atoms with van der Waals surface area (Å²) >= 11 is 0. The van der Waals surface area contributed by atoms with Gasteiger partial charge < -0.3 is 19.4 Å². The molecule has 33 heavy (non-hydrogen) atoms. The third kappa shape index (κ3) is 5.07. The van der Waals surface area contributed by atoms with E-state index < -0.39 is 17.7 Å². The minimum absolute atomic E-state index is 0.0829. The highest BCUT2D eigenvalue weighted by atomic mass is 19.4. The van der Waals surface area contributed by atoms with E-state index in [2.05, 4.69) is 0 Å². The van der Waals surface area contributed by atoms with Gasteiger partial charge in [0.2, 0.25) is 11.8 Å². The van der Waals surface area contributed by atoms with Gasteiger partial charge >= 0.3 is 6.18 Å². The van der Waals surface area contributed by atoms with Gasteiger partial charge in [0.15, 0.2) is 0 Å². The van der Waals surface area contributed by atoms with Gasteiger partial charge in [0, 0.05) is 50.5 Å². The number of piperazine rings is 1. The van der Waals surface area contributed by atoms with Crippen molar-refractivity contribution in [2.24, 2.45) is 5.92 Å². The van der Waals surface area contributed by atoms with Gasteiger partial charge in [-0.05, 0) is 49.4 Å². The van der Waals surface area contributed by atoms with E-state index in [4.69, 9.17) is 4.74 Å². The van der Waals surface area contributed by atoms with Crippen LogP contribution in [0, 0.1) is 5.92 Å². The molecule has 0 radical (unpaired) electrons.